The molecule has 4 rings (SSSR count). The third kappa shape index (κ3) is 2.95. The molecule has 25 heavy (non-hydrogen) atoms. The van der Waals surface area contributed by atoms with Crippen LogP contribution < -0.4 is 5.32 Å². The molecule has 0 saturated heterocycles. The summed E-state index contributed by atoms with van der Waals surface area (Å²) in [6.45, 7) is 3.11. The van der Waals surface area contributed by atoms with E-state index in [1.54, 1.807) is 18.5 Å². The number of rotatable bonds is 4. The minimum Gasteiger partial charge on any atom is -0.351 e. The molecule has 0 radical (unpaired) electrons. The normalized spacial score (nSPS) is 13.8. The molecule has 128 valence electrons. The average molecular weight is 342 g/mol. The van der Waals surface area contributed by atoms with Crippen molar-refractivity contribution in [2.45, 2.75) is 25.9 Å². The van der Waals surface area contributed by atoms with E-state index in [0.717, 1.165) is 23.0 Å². The van der Waals surface area contributed by atoms with Gasteiger partial charge in [-0.1, -0.05) is 6.08 Å². The Labute approximate surface area is 142 Å². The van der Waals surface area contributed by atoms with Gasteiger partial charge in [-0.3, -0.25) is 0 Å². The summed E-state index contributed by atoms with van der Waals surface area (Å²) in [5, 5.41) is 6.78. The zero-order valence-electron chi connectivity index (χ0n) is 13.8. The van der Waals surface area contributed by atoms with Crippen LogP contribution in [-0.2, 0) is 6.42 Å². The van der Waals surface area contributed by atoms with Crippen LogP contribution in [0.25, 0.3) is 11.2 Å². The first-order valence-electron chi connectivity index (χ1n) is 7.90. The third-order valence-corrected chi connectivity index (χ3v) is 3.93. The van der Waals surface area contributed by atoms with Crippen LogP contribution in [0.4, 0.5) is 14.7 Å². The summed E-state index contributed by atoms with van der Waals surface area (Å²) in [6.07, 6.45) is 7.09. The molecule has 0 saturated carbocycles. The highest BCUT2D eigenvalue weighted by atomic mass is 19.1. The molecule has 1 aliphatic carbocycles. The van der Waals surface area contributed by atoms with Crippen molar-refractivity contribution < 1.29 is 8.78 Å². The van der Waals surface area contributed by atoms with Gasteiger partial charge in [0.05, 0.1) is 24.1 Å². The maximum absolute atomic E-state index is 13.7. The van der Waals surface area contributed by atoms with Gasteiger partial charge in [0.1, 0.15) is 5.67 Å². The number of anilines is 1. The number of aromatic nitrogens is 5. The summed E-state index contributed by atoms with van der Waals surface area (Å²) in [4.78, 5) is 13.0. The summed E-state index contributed by atoms with van der Waals surface area (Å²) in [5.74, 6) is -0.0744. The largest absolute Gasteiger partial charge is 0.351 e. The van der Waals surface area contributed by atoms with Crippen molar-refractivity contribution in [3.63, 3.8) is 0 Å². The van der Waals surface area contributed by atoms with Crippen molar-refractivity contribution in [1.82, 2.24) is 24.6 Å². The summed E-state index contributed by atoms with van der Waals surface area (Å²) >= 11 is 0. The van der Waals surface area contributed by atoms with Gasteiger partial charge < -0.3 is 5.32 Å². The van der Waals surface area contributed by atoms with Gasteiger partial charge >= 0.3 is 0 Å². The molecule has 0 bridgehead atoms. The Morgan fingerprint density at radius 1 is 1.28 bits per heavy atom. The molecule has 0 aromatic carbocycles. The van der Waals surface area contributed by atoms with Crippen molar-refractivity contribution in [1.29, 1.82) is 0 Å². The van der Waals surface area contributed by atoms with Gasteiger partial charge in [0.25, 0.3) is 0 Å². The second kappa shape index (κ2) is 5.58. The fourth-order valence-corrected chi connectivity index (χ4v) is 2.71. The van der Waals surface area contributed by atoms with E-state index < -0.39 is 11.5 Å². The quantitative estimate of drug-likeness (QED) is 0.790. The molecule has 3 heterocycles. The molecule has 0 fully saturated rings. The van der Waals surface area contributed by atoms with E-state index in [0.29, 0.717) is 18.1 Å². The molecule has 0 unspecified atom stereocenters. The Morgan fingerprint density at radius 3 is 2.92 bits per heavy atom. The predicted molar refractivity (Wildman–Crippen MR) is 89.4 cm³/mol. The van der Waals surface area contributed by atoms with Crippen LogP contribution in [0.5, 0.6) is 0 Å². The lowest BCUT2D eigenvalue weighted by Crippen LogP contribution is -2.25. The first kappa shape index (κ1) is 15.6. The van der Waals surface area contributed by atoms with E-state index in [4.69, 9.17) is 0 Å². The Balaban J connectivity index is 1.63. The topological polar surface area (TPSA) is 68.0 Å². The van der Waals surface area contributed by atoms with Gasteiger partial charge in [0.15, 0.2) is 11.5 Å². The standard InChI is InChI=1S/C17H16F2N6/c1-17(2,19)9-21-16-20-7-11-10(3-4-13(11)24-16)14-5-6-25-15(23-14)12(18)8-22-25/h3,5-8H,4,9H2,1-2H3,(H,20,21,24). The van der Waals surface area contributed by atoms with Crippen LogP contribution in [-0.4, -0.2) is 36.8 Å². The Bertz CT molecular complexity index is 986. The number of fused-ring (bicyclic) bond motifs is 2. The highest BCUT2D eigenvalue weighted by molar-refractivity contribution is 5.82. The van der Waals surface area contributed by atoms with Gasteiger partial charge in [0.2, 0.25) is 5.95 Å². The van der Waals surface area contributed by atoms with Crippen molar-refractivity contribution in [2.24, 2.45) is 0 Å². The van der Waals surface area contributed by atoms with Crippen molar-refractivity contribution in [2.75, 3.05) is 11.9 Å². The van der Waals surface area contributed by atoms with Gasteiger partial charge in [-0.25, -0.2) is 28.2 Å². The van der Waals surface area contributed by atoms with Gasteiger partial charge in [0, 0.05) is 30.0 Å². The number of nitrogens with one attached hydrogen (secondary N) is 1. The molecular weight excluding hydrogens is 326 g/mol. The first-order valence-corrected chi connectivity index (χ1v) is 7.90. The van der Waals surface area contributed by atoms with E-state index in [1.807, 2.05) is 6.08 Å². The number of hydrogen-bond donors (Lipinski definition) is 1. The number of halogens is 2. The Kier molecular flexibility index (Phi) is 3.48. The molecule has 3 aromatic rings. The maximum Gasteiger partial charge on any atom is 0.223 e. The number of hydrogen-bond acceptors (Lipinski definition) is 5. The second-order valence-corrected chi connectivity index (χ2v) is 6.52. The zero-order valence-corrected chi connectivity index (χ0v) is 13.8. The number of nitrogens with zero attached hydrogens (tertiary/aromatic N) is 5. The fourth-order valence-electron chi connectivity index (χ4n) is 2.71. The van der Waals surface area contributed by atoms with Crippen molar-refractivity contribution in [3.8, 4) is 0 Å². The number of allylic oxidation sites excluding steroid dienone is 1. The molecule has 0 spiro atoms. The molecule has 1 aliphatic rings. The van der Waals surface area contributed by atoms with Gasteiger partial charge in [-0.15, -0.1) is 0 Å². The molecule has 3 aromatic heterocycles. The summed E-state index contributed by atoms with van der Waals surface area (Å²) in [6, 6.07) is 1.78. The van der Waals surface area contributed by atoms with Crippen LogP contribution in [0.3, 0.4) is 0 Å². The highest BCUT2D eigenvalue weighted by Crippen LogP contribution is 2.31. The molecule has 1 N–H and O–H groups in total. The van der Waals surface area contributed by atoms with Crippen LogP contribution in [0.15, 0.2) is 30.7 Å². The summed E-state index contributed by atoms with van der Waals surface area (Å²) in [7, 11) is 0. The Hall–Kier alpha value is -2.90. The molecule has 0 atom stereocenters. The maximum atomic E-state index is 13.7. The van der Waals surface area contributed by atoms with Crippen LogP contribution >= 0.6 is 0 Å². The van der Waals surface area contributed by atoms with Crippen LogP contribution in [0, 0.1) is 5.82 Å². The molecular formula is C17H16F2N6. The molecule has 0 amide bonds. The van der Waals surface area contributed by atoms with Gasteiger partial charge in [-0.05, 0) is 19.9 Å². The van der Waals surface area contributed by atoms with E-state index >= 15 is 0 Å². The van der Waals surface area contributed by atoms with E-state index in [-0.39, 0.29) is 12.2 Å². The van der Waals surface area contributed by atoms with E-state index in [1.165, 1.54) is 18.4 Å². The average Bonchev–Trinajstić information content (AvgIpc) is 3.15. The predicted octanol–water partition coefficient (Wildman–Crippen LogP) is 2.81. The minimum absolute atomic E-state index is 0.130. The molecule has 0 aliphatic heterocycles. The lowest BCUT2D eigenvalue weighted by molar-refractivity contribution is 0.234. The third-order valence-electron chi connectivity index (χ3n) is 3.93. The fraction of sp³-hybridized carbons (Fsp3) is 0.294. The zero-order chi connectivity index (χ0) is 17.6. The Morgan fingerprint density at radius 2 is 2.12 bits per heavy atom. The minimum atomic E-state index is -1.35. The molecule has 6 nitrogen and oxygen atoms in total. The first-order chi connectivity index (χ1) is 11.9. The summed E-state index contributed by atoms with van der Waals surface area (Å²) in [5.41, 5.74) is 2.01. The SMILES string of the molecule is CC(C)(F)CNc1ncc2c(n1)CC=C2c1ccn2ncc(F)c2n1. The van der Waals surface area contributed by atoms with Crippen molar-refractivity contribution >= 4 is 17.2 Å². The lowest BCUT2D eigenvalue weighted by Gasteiger charge is -2.15. The summed E-state index contributed by atoms with van der Waals surface area (Å²) < 4.78 is 28.7. The number of alkyl halides is 1. The molecule has 8 heteroatoms. The van der Waals surface area contributed by atoms with Gasteiger partial charge in [-0.2, -0.15) is 5.10 Å². The second-order valence-electron chi connectivity index (χ2n) is 6.52. The van der Waals surface area contributed by atoms with Crippen LogP contribution in [0.1, 0.15) is 30.8 Å². The lowest BCUT2D eigenvalue weighted by atomic mass is 10.1. The smallest absolute Gasteiger partial charge is 0.223 e. The van der Waals surface area contributed by atoms with Crippen LogP contribution in [0.2, 0.25) is 0 Å². The highest BCUT2D eigenvalue weighted by Gasteiger charge is 2.21. The monoisotopic (exact) mass is 342 g/mol. The van der Waals surface area contributed by atoms with Crippen molar-refractivity contribution in [3.05, 3.63) is 53.5 Å². The van der Waals surface area contributed by atoms with E-state index in [2.05, 4.69) is 25.4 Å². The van der Waals surface area contributed by atoms with E-state index in [9.17, 15) is 8.78 Å².